The molecular formula is C15H24N2O. The molecule has 0 amide bonds. The van der Waals surface area contributed by atoms with Crippen LogP contribution in [0.4, 0.5) is 0 Å². The highest BCUT2D eigenvalue weighted by atomic mass is 16.5. The first-order chi connectivity index (χ1) is 8.79. The van der Waals surface area contributed by atoms with Crippen molar-refractivity contribution in [1.82, 2.24) is 4.90 Å². The monoisotopic (exact) mass is 248 g/mol. The number of benzene rings is 1. The van der Waals surface area contributed by atoms with Gasteiger partial charge in [-0.1, -0.05) is 37.3 Å². The number of morpholine rings is 1. The van der Waals surface area contributed by atoms with Crippen molar-refractivity contribution in [2.45, 2.75) is 31.9 Å². The Bertz CT molecular complexity index is 342. The summed E-state index contributed by atoms with van der Waals surface area (Å²) in [5.41, 5.74) is 7.46. The maximum atomic E-state index is 6.22. The van der Waals surface area contributed by atoms with E-state index in [0.29, 0.717) is 6.10 Å². The zero-order valence-corrected chi connectivity index (χ0v) is 11.2. The summed E-state index contributed by atoms with van der Waals surface area (Å²) in [6, 6.07) is 10.5. The van der Waals surface area contributed by atoms with Crippen LogP contribution >= 0.6 is 0 Å². The van der Waals surface area contributed by atoms with Crippen LogP contribution in [0, 0.1) is 0 Å². The number of hydrogen-bond acceptors (Lipinski definition) is 3. The molecule has 100 valence electrons. The molecule has 1 heterocycles. The summed E-state index contributed by atoms with van der Waals surface area (Å²) < 4.78 is 5.68. The highest BCUT2D eigenvalue weighted by molar-refractivity contribution is 5.18. The van der Waals surface area contributed by atoms with Crippen molar-refractivity contribution in [3.8, 4) is 0 Å². The Morgan fingerprint density at radius 1 is 1.39 bits per heavy atom. The highest BCUT2D eigenvalue weighted by Crippen LogP contribution is 2.15. The molecule has 1 aromatic rings. The van der Waals surface area contributed by atoms with Crippen LogP contribution in [-0.2, 0) is 4.74 Å². The average Bonchev–Trinajstić information content (AvgIpc) is 2.46. The molecule has 1 aliphatic heterocycles. The molecule has 1 saturated heterocycles. The van der Waals surface area contributed by atoms with Crippen LogP contribution in [0.2, 0.25) is 0 Å². The summed E-state index contributed by atoms with van der Waals surface area (Å²) in [7, 11) is 0. The third-order valence-corrected chi connectivity index (χ3v) is 3.66. The number of nitrogens with two attached hydrogens (primary N) is 1. The molecule has 0 aliphatic carbocycles. The third-order valence-electron chi connectivity index (χ3n) is 3.66. The summed E-state index contributed by atoms with van der Waals surface area (Å²) in [6.45, 7) is 6.20. The van der Waals surface area contributed by atoms with Gasteiger partial charge in [0.15, 0.2) is 0 Å². The van der Waals surface area contributed by atoms with Crippen molar-refractivity contribution >= 4 is 0 Å². The highest BCUT2D eigenvalue weighted by Gasteiger charge is 2.19. The molecule has 2 N–H and O–H groups in total. The van der Waals surface area contributed by atoms with Gasteiger partial charge in [0, 0.05) is 25.7 Å². The predicted molar refractivity (Wildman–Crippen MR) is 74.5 cm³/mol. The predicted octanol–water partition coefficient (Wildman–Crippen LogP) is 2.19. The van der Waals surface area contributed by atoms with Gasteiger partial charge >= 0.3 is 0 Å². The maximum Gasteiger partial charge on any atom is 0.0700 e. The van der Waals surface area contributed by atoms with Gasteiger partial charge < -0.3 is 10.5 Å². The molecule has 1 aliphatic rings. The van der Waals surface area contributed by atoms with E-state index in [9.17, 15) is 0 Å². The lowest BCUT2D eigenvalue weighted by Gasteiger charge is -2.33. The topological polar surface area (TPSA) is 38.5 Å². The van der Waals surface area contributed by atoms with E-state index >= 15 is 0 Å². The van der Waals surface area contributed by atoms with E-state index in [-0.39, 0.29) is 6.04 Å². The van der Waals surface area contributed by atoms with Gasteiger partial charge in [-0.15, -0.1) is 0 Å². The molecule has 0 radical (unpaired) electrons. The molecule has 1 aromatic carbocycles. The second-order valence-electron chi connectivity index (χ2n) is 5.01. The maximum absolute atomic E-state index is 6.22. The molecule has 0 spiro atoms. The van der Waals surface area contributed by atoms with Crippen LogP contribution in [0.3, 0.4) is 0 Å². The van der Waals surface area contributed by atoms with Gasteiger partial charge in [0.05, 0.1) is 12.7 Å². The normalized spacial score (nSPS) is 22.9. The molecule has 0 bridgehead atoms. The molecule has 2 atom stereocenters. The van der Waals surface area contributed by atoms with Gasteiger partial charge in [0.2, 0.25) is 0 Å². The SMILES string of the molecule is CCC1CN(CCC(N)c2ccccc2)CCO1. The van der Waals surface area contributed by atoms with E-state index in [2.05, 4.69) is 36.1 Å². The number of nitrogens with zero attached hydrogens (tertiary/aromatic N) is 1. The van der Waals surface area contributed by atoms with Gasteiger partial charge in [-0.3, -0.25) is 4.90 Å². The quantitative estimate of drug-likeness (QED) is 0.868. The first-order valence-corrected chi connectivity index (χ1v) is 6.94. The Labute approximate surface area is 110 Å². The number of ether oxygens (including phenoxy) is 1. The lowest BCUT2D eigenvalue weighted by Crippen LogP contribution is -2.43. The second kappa shape index (κ2) is 6.88. The fraction of sp³-hybridized carbons (Fsp3) is 0.600. The minimum absolute atomic E-state index is 0.147. The molecule has 3 nitrogen and oxygen atoms in total. The summed E-state index contributed by atoms with van der Waals surface area (Å²) in [5.74, 6) is 0. The lowest BCUT2D eigenvalue weighted by molar-refractivity contribution is -0.0302. The van der Waals surface area contributed by atoms with Gasteiger partial charge in [-0.25, -0.2) is 0 Å². The molecule has 2 unspecified atom stereocenters. The number of rotatable bonds is 5. The fourth-order valence-corrected chi connectivity index (χ4v) is 2.42. The summed E-state index contributed by atoms with van der Waals surface area (Å²) in [5, 5.41) is 0. The number of hydrogen-bond donors (Lipinski definition) is 1. The van der Waals surface area contributed by atoms with Crippen molar-refractivity contribution in [2.24, 2.45) is 5.73 Å². The van der Waals surface area contributed by atoms with Crippen molar-refractivity contribution in [1.29, 1.82) is 0 Å². The fourth-order valence-electron chi connectivity index (χ4n) is 2.42. The van der Waals surface area contributed by atoms with Gasteiger partial charge in [0.25, 0.3) is 0 Å². The second-order valence-corrected chi connectivity index (χ2v) is 5.01. The van der Waals surface area contributed by atoms with Crippen molar-refractivity contribution < 1.29 is 4.74 Å². The Morgan fingerprint density at radius 3 is 2.89 bits per heavy atom. The first-order valence-electron chi connectivity index (χ1n) is 6.94. The van der Waals surface area contributed by atoms with E-state index in [0.717, 1.165) is 39.1 Å². The zero-order valence-electron chi connectivity index (χ0n) is 11.2. The molecule has 0 saturated carbocycles. The molecule has 3 heteroatoms. The van der Waals surface area contributed by atoms with Crippen LogP contribution in [0.5, 0.6) is 0 Å². The summed E-state index contributed by atoms with van der Waals surface area (Å²) >= 11 is 0. The molecular weight excluding hydrogens is 224 g/mol. The Hall–Kier alpha value is -0.900. The zero-order chi connectivity index (χ0) is 12.8. The lowest BCUT2D eigenvalue weighted by atomic mass is 10.0. The Balaban J connectivity index is 1.77. The third kappa shape index (κ3) is 3.80. The smallest absolute Gasteiger partial charge is 0.0700 e. The van der Waals surface area contributed by atoms with Gasteiger partial charge in [-0.05, 0) is 18.4 Å². The van der Waals surface area contributed by atoms with Gasteiger partial charge in [-0.2, -0.15) is 0 Å². The first kappa shape index (κ1) is 13.5. The molecule has 2 rings (SSSR count). The molecule has 18 heavy (non-hydrogen) atoms. The average molecular weight is 248 g/mol. The van der Waals surface area contributed by atoms with Crippen molar-refractivity contribution in [2.75, 3.05) is 26.2 Å². The molecule has 1 fully saturated rings. The summed E-state index contributed by atoms with van der Waals surface area (Å²) in [6.07, 6.45) is 2.52. The minimum atomic E-state index is 0.147. The van der Waals surface area contributed by atoms with E-state index < -0.39 is 0 Å². The minimum Gasteiger partial charge on any atom is -0.376 e. The van der Waals surface area contributed by atoms with E-state index in [4.69, 9.17) is 10.5 Å². The van der Waals surface area contributed by atoms with E-state index in [1.807, 2.05) is 6.07 Å². The van der Waals surface area contributed by atoms with Gasteiger partial charge in [0.1, 0.15) is 0 Å². The van der Waals surface area contributed by atoms with Crippen molar-refractivity contribution in [3.05, 3.63) is 35.9 Å². The molecule has 0 aromatic heterocycles. The van der Waals surface area contributed by atoms with Crippen LogP contribution in [0.25, 0.3) is 0 Å². The largest absolute Gasteiger partial charge is 0.376 e. The van der Waals surface area contributed by atoms with E-state index in [1.54, 1.807) is 0 Å². The Morgan fingerprint density at radius 2 is 2.17 bits per heavy atom. The summed E-state index contributed by atoms with van der Waals surface area (Å²) in [4.78, 5) is 2.47. The van der Waals surface area contributed by atoms with Crippen molar-refractivity contribution in [3.63, 3.8) is 0 Å². The standard InChI is InChI=1S/C15H24N2O/c1-2-14-12-17(10-11-18-14)9-8-15(16)13-6-4-3-5-7-13/h3-7,14-15H,2,8-12,16H2,1H3. The van der Waals surface area contributed by atoms with Crippen LogP contribution in [0.1, 0.15) is 31.4 Å². The van der Waals surface area contributed by atoms with Crippen LogP contribution in [-0.4, -0.2) is 37.2 Å². The van der Waals surface area contributed by atoms with E-state index in [1.165, 1.54) is 5.56 Å². The van der Waals surface area contributed by atoms with Crippen LogP contribution < -0.4 is 5.73 Å². The Kier molecular flexibility index (Phi) is 5.17. The van der Waals surface area contributed by atoms with Crippen LogP contribution in [0.15, 0.2) is 30.3 Å².